The molecule has 0 fully saturated rings. The van der Waals surface area contributed by atoms with Crippen LogP contribution in [0.25, 0.3) is 0 Å². The van der Waals surface area contributed by atoms with Crippen molar-refractivity contribution in [1.82, 2.24) is 0 Å². The number of nitrogens with two attached hydrogens (primary N) is 1. The van der Waals surface area contributed by atoms with Gasteiger partial charge in [0.2, 0.25) is 0 Å². The van der Waals surface area contributed by atoms with Crippen LogP contribution in [-0.4, -0.2) is 30.6 Å². The van der Waals surface area contributed by atoms with E-state index in [4.69, 9.17) is 10.8 Å². The lowest BCUT2D eigenvalue weighted by Gasteiger charge is -2.24. The number of rotatable bonds is 7. The van der Waals surface area contributed by atoms with E-state index >= 15 is 0 Å². The minimum absolute atomic E-state index is 0.0266. The molecule has 18 heavy (non-hydrogen) atoms. The lowest BCUT2D eigenvalue weighted by atomic mass is 10.1. The molecule has 0 aliphatic rings. The molecule has 0 atom stereocenters. The molecule has 3 N–H and O–H groups in total. The fraction of sp³-hybridized carbons (Fsp3) is 0.500. The minimum Gasteiger partial charge on any atom is -0.398 e. The molecule has 1 rings (SSSR count). The Balaban J connectivity index is 2.91. The van der Waals surface area contributed by atoms with Gasteiger partial charge in [0.05, 0.1) is 6.61 Å². The van der Waals surface area contributed by atoms with E-state index in [1.54, 1.807) is 6.07 Å². The van der Waals surface area contributed by atoms with Crippen molar-refractivity contribution in [3.63, 3.8) is 0 Å². The molecule has 0 bridgehead atoms. The smallest absolute Gasteiger partial charge is 0.161 e. The molecule has 0 radical (unpaired) electrons. The SMILES string of the molecule is CCCCN(CCO)c1ccc(C(C)=O)c(N)c1. The van der Waals surface area contributed by atoms with Crippen molar-refractivity contribution in [1.29, 1.82) is 0 Å². The molecule has 0 saturated heterocycles. The first-order valence-corrected chi connectivity index (χ1v) is 6.36. The van der Waals surface area contributed by atoms with E-state index in [9.17, 15) is 4.79 Å². The molecule has 4 nitrogen and oxygen atoms in total. The average molecular weight is 250 g/mol. The molecule has 0 unspecified atom stereocenters. The van der Waals surface area contributed by atoms with E-state index in [-0.39, 0.29) is 12.4 Å². The second-order valence-electron chi connectivity index (χ2n) is 4.39. The number of hydrogen-bond acceptors (Lipinski definition) is 4. The Morgan fingerprint density at radius 2 is 2.11 bits per heavy atom. The van der Waals surface area contributed by atoms with Gasteiger partial charge in [-0.2, -0.15) is 0 Å². The predicted molar refractivity (Wildman–Crippen MR) is 75.1 cm³/mol. The number of nitrogen functional groups attached to an aromatic ring is 1. The molecule has 100 valence electrons. The van der Waals surface area contributed by atoms with E-state index in [1.807, 2.05) is 12.1 Å². The van der Waals surface area contributed by atoms with Crippen LogP contribution >= 0.6 is 0 Å². The van der Waals surface area contributed by atoms with Crippen LogP contribution in [0.15, 0.2) is 18.2 Å². The molecule has 0 spiro atoms. The highest BCUT2D eigenvalue weighted by Crippen LogP contribution is 2.22. The number of anilines is 2. The molecule has 4 heteroatoms. The van der Waals surface area contributed by atoms with Crippen molar-refractivity contribution in [3.05, 3.63) is 23.8 Å². The molecule has 0 heterocycles. The van der Waals surface area contributed by atoms with Gasteiger partial charge in [0.1, 0.15) is 0 Å². The van der Waals surface area contributed by atoms with Crippen molar-refractivity contribution in [2.24, 2.45) is 0 Å². The third-order valence-electron chi connectivity index (χ3n) is 2.93. The molecule has 0 aliphatic carbocycles. The summed E-state index contributed by atoms with van der Waals surface area (Å²) in [7, 11) is 0. The first-order chi connectivity index (χ1) is 8.60. The maximum absolute atomic E-state index is 11.3. The number of carbonyl (C=O) groups excluding carboxylic acids is 1. The Morgan fingerprint density at radius 3 is 2.61 bits per heavy atom. The number of benzene rings is 1. The fourth-order valence-electron chi connectivity index (χ4n) is 1.91. The Labute approximate surface area is 108 Å². The van der Waals surface area contributed by atoms with Crippen LogP contribution < -0.4 is 10.6 Å². The highest BCUT2D eigenvalue weighted by Gasteiger charge is 2.09. The number of unbranched alkanes of at least 4 members (excludes halogenated alkanes) is 1. The molecular formula is C14H22N2O2. The largest absolute Gasteiger partial charge is 0.398 e. The van der Waals surface area contributed by atoms with Crippen molar-refractivity contribution in [2.75, 3.05) is 30.3 Å². The lowest BCUT2D eigenvalue weighted by molar-refractivity contribution is 0.101. The fourth-order valence-corrected chi connectivity index (χ4v) is 1.91. The lowest BCUT2D eigenvalue weighted by Crippen LogP contribution is -2.27. The summed E-state index contributed by atoms with van der Waals surface area (Å²) in [5.41, 5.74) is 7.89. The van der Waals surface area contributed by atoms with E-state index in [2.05, 4.69) is 11.8 Å². The summed E-state index contributed by atoms with van der Waals surface area (Å²) in [6.45, 7) is 5.21. The zero-order chi connectivity index (χ0) is 13.5. The molecule has 0 saturated carbocycles. The van der Waals surface area contributed by atoms with Gasteiger partial charge in [-0.3, -0.25) is 4.79 Å². The molecule has 0 aromatic heterocycles. The number of nitrogens with zero attached hydrogens (tertiary/aromatic N) is 1. The van der Waals surface area contributed by atoms with Crippen molar-refractivity contribution < 1.29 is 9.90 Å². The topological polar surface area (TPSA) is 66.6 Å². The van der Waals surface area contributed by atoms with E-state index in [1.165, 1.54) is 6.92 Å². The maximum Gasteiger partial charge on any atom is 0.161 e. The zero-order valence-corrected chi connectivity index (χ0v) is 11.1. The molecule has 0 aliphatic heterocycles. The standard InChI is InChI=1S/C14H22N2O2/c1-3-4-7-16(8-9-17)12-5-6-13(11(2)18)14(15)10-12/h5-6,10,17H,3-4,7-9,15H2,1-2H3. The maximum atomic E-state index is 11.3. The highest BCUT2D eigenvalue weighted by molar-refractivity contribution is 5.99. The Morgan fingerprint density at radius 1 is 1.39 bits per heavy atom. The minimum atomic E-state index is -0.0266. The third kappa shape index (κ3) is 3.74. The second kappa shape index (κ2) is 7.01. The first-order valence-electron chi connectivity index (χ1n) is 6.36. The quantitative estimate of drug-likeness (QED) is 0.574. The predicted octanol–water partition coefficient (Wildman–Crippen LogP) is 2.07. The Kier molecular flexibility index (Phi) is 5.65. The average Bonchev–Trinajstić information content (AvgIpc) is 2.33. The van der Waals surface area contributed by atoms with Crippen LogP contribution in [-0.2, 0) is 0 Å². The number of ketones is 1. The third-order valence-corrected chi connectivity index (χ3v) is 2.93. The van der Waals surface area contributed by atoms with Crippen molar-refractivity contribution in [2.45, 2.75) is 26.7 Å². The summed E-state index contributed by atoms with van der Waals surface area (Å²) in [6, 6.07) is 5.45. The van der Waals surface area contributed by atoms with Gasteiger partial charge in [-0.1, -0.05) is 13.3 Å². The van der Waals surface area contributed by atoms with E-state index in [0.717, 1.165) is 25.1 Å². The first kappa shape index (κ1) is 14.5. The molecule has 1 aromatic carbocycles. The molecular weight excluding hydrogens is 228 g/mol. The Bertz CT molecular complexity index is 405. The molecule has 0 amide bonds. The van der Waals surface area contributed by atoms with Gasteiger partial charge in [-0.25, -0.2) is 0 Å². The van der Waals surface area contributed by atoms with Gasteiger partial charge < -0.3 is 15.7 Å². The van der Waals surface area contributed by atoms with Gasteiger partial charge in [0, 0.05) is 30.0 Å². The van der Waals surface area contributed by atoms with Crippen LogP contribution in [0, 0.1) is 0 Å². The summed E-state index contributed by atoms with van der Waals surface area (Å²) in [4.78, 5) is 13.4. The van der Waals surface area contributed by atoms with Gasteiger partial charge in [-0.05, 0) is 31.5 Å². The van der Waals surface area contributed by atoms with Crippen LogP contribution in [0.5, 0.6) is 0 Å². The Hall–Kier alpha value is -1.55. The highest BCUT2D eigenvalue weighted by atomic mass is 16.3. The molecule has 1 aromatic rings. The van der Waals surface area contributed by atoms with Gasteiger partial charge in [0.15, 0.2) is 5.78 Å². The van der Waals surface area contributed by atoms with Crippen LogP contribution in [0.4, 0.5) is 11.4 Å². The summed E-state index contributed by atoms with van der Waals surface area (Å²) in [5.74, 6) is -0.0266. The normalized spacial score (nSPS) is 10.4. The summed E-state index contributed by atoms with van der Waals surface area (Å²) in [6.07, 6.45) is 2.16. The number of aliphatic hydroxyl groups is 1. The summed E-state index contributed by atoms with van der Waals surface area (Å²) < 4.78 is 0. The van der Waals surface area contributed by atoms with Gasteiger partial charge in [-0.15, -0.1) is 0 Å². The van der Waals surface area contributed by atoms with Gasteiger partial charge in [0.25, 0.3) is 0 Å². The summed E-state index contributed by atoms with van der Waals surface area (Å²) in [5, 5.41) is 9.08. The monoisotopic (exact) mass is 250 g/mol. The van der Waals surface area contributed by atoms with Gasteiger partial charge >= 0.3 is 0 Å². The number of hydrogen-bond donors (Lipinski definition) is 2. The zero-order valence-electron chi connectivity index (χ0n) is 11.1. The van der Waals surface area contributed by atoms with Crippen molar-refractivity contribution in [3.8, 4) is 0 Å². The van der Waals surface area contributed by atoms with E-state index in [0.29, 0.717) is 17.8 Å². The number of aliphatic hydroxyl groups excluding tert-OH is 1. The van der Waals surface area contributed by atoms with E-state index < -0.39 is 0 Å². The van der Waals surface area contributed by atoms with Crippen LogP contribution in [0.3, 0.4) is 0 Å². The number of Topliss-reactive ketones (excluding diaryl/α,β-unsaturated/α-hetero) is 1. The second-order valence-corrected chi connectivity index (χ2v) is 4.39. The summed E-state index contributed by atoms with van der Waals surface area (Å²) >= 11 is 0. The van der Waals surface area contributed by atoms with Crippen LogP contribution in [0.2, 0.25) is 0 Å². The number of carbonyl (C=O) groups is 1. The van der Waals surface area contributed by atoms with Crippen LogP contribution in [0.1, 0.15) is 37.0 Å². The van der Waals surface area contributed by atoms with Crippen molar-refractivity contribution >= 4 is 17.2 Å².